The summed E-state index contributed by atoms with van der Waals surface area (Å²) in [5, 5.41) is 0.400. The first-order valence-corrected chi connectivity index (χ1v) is 7.21. The molecule has 0 heterocycles. The number of amides is 2. The van der Waals surface area contributed by atoms with E-state index < -0.39 is 0 Å². The van der Waals surface area contributed by atoms with E-state index in [1.807, 2.05) is 13.8 Å². The second-order valence-electron chi connectivity index (χ2n) is 4.49. The van der Waals surface area contributed by atoms with E-state index in [0.717, 1.165) is 0 Å². The largest absolute Gasteiger partial charge is 0.495 e. The fraction of sp³-hybridized carbons (Fsp3) is 0.467. The molecule has 0 aliphatic rings. The first-order chi connectivity index (χ1) is 9.94. The Bertz CT molecular complexity index is 516. The molecule has 0 aliphatic carbocycles. The van der Waals surface area contributed by atoms with Gasteiger partial charge in [0.2, 0.25) is 11.8 Å². The number of rotatable bonds is 6. The molecular formula is C15H21ClN2O3. The summed E-state index contributed by atoms with van der Waals surface area (Å²) in [6.45, 7) is 6.47. The number of likely N-dealkylation sites (N-methyl/N-ethyl adjacent to an activating group) is 1. The highest BCUT2D eigenvalue weighted by molar-refractivity contribution is 6.32. The number of nitrogens with zero attached hydrogens (tertiary/aromatic N) is 2. The van der Waals surface area contributed by atoms with Crippen LogP contribution in [-0.4, -0.2) is 43.5 Å². The average Bonchev–Trinajstić information content (AvgIpc) is 2.45. The van der Waals surface area contributed by atoms with Crippen LogP contribution in [0.25, 0.3) is 0 Å². The highest BCUT2D eigenvalue weighted by Gasteiger charge is 2.19. The Labute approximate surface area is 130 Å². The van der Waals surface area contributed by atoms with Crippen molar-refractivity contribution in [3.05, 3.63) is 23.2 Å². The minimum atomic E-state index is -0.211. The molecule has 21 heavy (non-hydrogen) atoms. The summed E-state index contributed by atoms with van der Waals surface area (Å²) >= 11 is 6.07. The van der Waals surface area contributed by atoms with Gasteiger partial charge in [-0.3, -0.25) is 9.59 Å². The van der Waals surface area contributed by atoms with Crippen LogP contribution in [0, 0.1) is 0 Å². The van der Waals surface area contributed by atoms with Gasteiger partial charge in [-0.25, -0.2) is 0 Å². The lowest BCUT2D eigenvalue weighted by Gasteiger charge is -2.25. The summed E-state index contributed by atoms with van der Waals surface area (Å²) in [6.07, 6.45) is 0. The molecule has 6 heteroatoms. The maximum absolute atomic E-state index is 12.2. The van der Waals surface area contributed by atoms with Crippen molar-refractivity contribution >= 4 is 29.1 Å². The van der Waals surface area contributed by atoms with Crippen molar-refractivity contribution in [1.82, 2.24) is 4.90 Å². The Morgan fingerprint density at radius 3 is 2.29 bits per heavy atom. The van der Waals surface area contributed by atoms with Crippen LogP contribution < -0.4 is 9.64 Å². The number of carbonyl (C=O) groups is 2. The predicted molar refractivity (Wildman–Crippen MR) is 84.0 cm³/mol. The van der Waals surface area contributed by atoms with E-state index in [4.69, 9.17) is 16.3 Å². The van der Waals surface area contributed by atoms with Gasteiger partial charge in [0, 0.05) is 25.7 Å². The first-order valence-electron chi connectivity index (χ1n) is 6.83. The highest BCUT2D eigenvalue weighted by Crippen LogP contribution is 2.29. The Hall–Kier alpha value is -1.75. The summed E-state index contributed by atoms with van der Waals surface area (Å²) in [5.41, 5.74) is 0.578. The van der Waals surface area contributed by atoms with Gasteiger partial charge in [-0.1, -0.05) is 11.6 Å². The standard InChI is InChI=1S/C15H21ClN2O3/c1-5-17(6-2)15(20)10-18(11(3)19)12-7-8-14(21-4)13(16)9-12/h7-9H,5-6,10H2,1-4H3. The van der Waals surface area contributed by atoms with Gasteiger partial charge in [-0.05, 0) is 32.0 Å². The molecule has 1 aromatic rings. The van der Waals surface area contributed by atoms with Crippen molar-refractivity contribution in [2.75, 3.05) is 31.6 Å². The molecule has 0 fully saturated rings. The smallest absolute Gasteiger partial charge is 0.242 e. The lowest BCUT2D eigenvalue weighted by molar-refractivity contribution is -0.130. The molecule has 0 spiro atoms. The number of ether oxygens (including phenoxy) is 1. The van der Waals surface area contributed by atoms with Crippen LogP contribution >= 0.6 is 11.6 Å². The van der Waals surface area contributed by atoms with Crippen molar-refractivity contribution < 1.29 is 14.3 Å². The van der Waals surface area contributed by atoms with Gasteiger partial charge in [0.05, 0.1) is 12.1 Å². The molecule has 116 valence electrons. The van der Waals surface area contributed by atoms with E-state index in [2.05, 4.69) is 0 Å². The average molecular weight is 313 g/mol. The maximum Gasteiger partial charge on any atom is 0.242 e. The number of hydrogen-bond acceptors (Lipinski definition) is 3. The molecule has 0 N–H and O–H groups in total. The van der Waals surface area contributed by atoms with E-state index in [-0.39, 0.29) is 18.4 Å². The summed E-state index contributed by atoms with van der Waals surface area (Å²) in [6, 6.07) is 5.01. The molecule has 0 unspecified atom stereocenters. The third-order valence-corrected chi connectivity index (χ3v) is 3.53. The molecule has 1 rings (SSSR count). The number of hydrogen-bond donors (Lipinski definition) is 0. The van der Waals surface area contributed by atoms with E-state index >= 15 is 0 Å². The molecule has 0 saturated heterocycles. The van der Waals surface area contributed by atoms with Gasteiger partial charge in [0.15, 0.2) is 0 Å². The van der Waals surface area contributed by atoms with Crippen molar-refractivity contribution in [3.63, 3.8) is 0 Å². The van der Waals surface area contributed by atoms with E-state index in [9.17, 15) is 9.59 Å². The number of carbonyl (C=O) groups excluding carboxylic acids is 2. The summed E-state index contributed by atoms with van der Waals surface area (Å²) in [7, 11) is 1.52. The van der Waals surface area contributed by atoms with Crippen molar-refractivity contribution in [1.29, 1.82) is 0 Å². The number of anilines is 1. The minimum absolute atomic E-state index is 0.000326. The minimum Gasteiger partial charge on any atom is -0.495 e. The van der Waals surface area contributed by atoms with E-state index in [1.165, 1.54) is 18.9 Å². The second-order valence-corrected chi connectivity index (χ2v) is 4.90. The molecule has 0 aliphatic heterocycles. The Balaban J connectivity index is 3.00. The summed E-state index contributed by atoms with van der Waals surface area (Å²) in [4.78, 5) is 27.1. The zero-order valence-corrected chi connectivity index (χ0v) is 13.6. The third-order valence-electron chi connectivity index (χ3n) is 3.24. The zero-order valence-electron chi connectivity index (χ0n) is 12.9. The van der Waals surface area contributed by atoms with Gasteiger partial charge in [-0.2, -0.15) is 0 Å². The molecule has 0 bridgehead atoms. The van der Waals surface area contributed by atoms with Crippen LogP contribution in [0.4, 0.5) is 5.69 Å². The summed E-state index contributed by atoms with van der Waals surface area (Å²) in [5.74, 6) is 0.220. The normalized spacial score (nSPS) is 10.1. The van der Waals surface area contributed by atoms with Crippen LogP contribution in [0.5, 0.6) is 5.75 Å². The lowest BCUT2D eigenvalue weighted by Crippen LogP contribution is -2.42. The van der Waals surface area contributed by atoms with E-state index in [1.54, 1.807) is 23.1 Å². The topological polar surface area (TPSA) is 49.9 Å². The van der Waals surface area contributed by atoms with E-state index in [0.29, 0.717) is 29.5 Å². The molecule has 0 atom stereocenters. The van der Waals surface area contributed by atoms with Crippen LogP contribution in [0.3, 0.4) is 0 Å². The lowest BCUT2D eigenvalue weighted by atomic mass is 10.2. The van der Waals surface area contributed by atoms with Crippen molar-refractivity contribution in [3.8, 4) is 5.75 Å². The number of halogens is 1. The Morgan fingerprint density at radius 2 is 1.86 bits per heavy atom. The maximum atomic E-state index is 12.2. The van der Waals surface area contributed by atoms with Crippen LogP contribution in [0.15, 0.2) is 18.2 Å². The van der Waals surface area contributed by atoms with Gasteiger partial charge in [-0.15, -0.1) is 0 Å². The second kappa shape index (κ2) is 7.88. The van der Waals surface area contributed by atoms with Crippen LogP contribution in [-0.2, 0) is 9.59 Å². The quantitative estimate of drug-likeness (QED) is 0.811. The SMILES string of the molecule is CCN(CC)C(=O)CN(C(C)=O)c1ccc(OC)c(Cl)c1. The fourth-order valence-corrected chi connectivity index (χ4v) is 2.27. The monoisotopic (exact) mass is 312 g/mol. The van der Waals surface area contributed by atoms with Crippen LogP contribution in [0.2, 0.25) is 5.02 Å². The van der Waals surface area contributed by atoms with Gasteiger partial charge in [0.1, 0.15) is 12.3 Å². The molecule has 0 radical (unpaired) electrons. The van der Waals surface area contributed by atoms with Crippen LogP contribution in [0.1, 0.15) is 20.8 Å². The molecule has 2 amide bonds. The molecule has 1 aromatic carbocycles. The molecule has 5 nitrogen and oxygen atoms in total. The number of methoxy groups -OCH3 is 1. The van der Waals surface area contributed by atoms with Gasteiger partial charge in [0.25, 0.3) is 0 Å². The fourth-order valence-electron chi connectivity index (χ4n) is 2.02. The van der Waals surface area contributed by atoms with Crippen molar-refractivity contribution in [2.24, 2.45) is 0 Å². The first kappa shape index (κ1) is 17.3. The Morgan fingerprint density at radius 1 is 1.24 bits per heavy atom. The predicted octanol–water partition coefficient (Wildman–Crippen LogP) is 2.57. The molecule has 0 aromatic heterocycles. The highest BCUT2D eigenvalue weighted by atomic mass is 35.5. The van der Waals surface area contributed by atoms with Gasteiger partial charge >= 0.3 is 0 Å². The third kappa shape index (κ3) is 4.36. The molecular weight excluding hydrogens is 292 g/mol. The molecule has 0 saturated carbocycles. The Kier molecular flexibility index (Phi) is 6.49. The van der Waals surface area contributed by atoms with Crippen molar-refractivity contribution in [2.45, 2.75) is 20.8 Å². The van der Waals surface area contributed by atoms with Gasteiger partial charge < -0.3 is 14.5 Å². The zero-order chi connectivity index (χ0) is 16.0. The number of benzene rings is 1. The summed E-state index contributed by atoms with van der Waals surface area (Å²) < 4.78 is 5.08.